The van der Waals surface area contributed by atoms with Crippen molar-refractivity contribution < 1.29 is 4.39 Å². The number of aromatic nitrogens is 2. The Kier molecular flexibility index (Phi) is 2.67. The first-order valence-electron chi connectivity index (χ1n) is 4.03. The lowest BCUT2D eigenvalue weighted by Gasteiger charge is -2.03. The van der Waals surface area contributed by atoms with Gasteiger partial charge in [0.15, 0.2) is 5.82 Å². The van der Waals surface area contributed by atoms with Gasteiger partial charge in [-0.25, -0.2) is 4.39 Å². The number of halogens is 3. The molecule has 0 spiro atoms. The molecule has 3 nitrogen and oxygen atoms in total. The molecular formula is C9H6BrClFN3. The molecule has 0 unspecified atom stereocenters. The summed E-state index contributed by atoms with van der Waals surface area (Å²) in [7, 11) is 0. The Labute approximate surface area is 98.6 Å². The van der Waals surface area contributed by atoms with E-state index in [1.165, 1.54) is 6.07 Å². The molecule has 0 aliphatic rings. The highest BCUT2D eigenvalue weighted by molar-refractivity contribution is 9.10. The zero-order valence-corrected chi connectivity index (χ0v) is 9.73. The highest BCUT2D eigenvalue weighted by Crippen LogP contribution is 2.32. The van der Waals surface area contributed by atoms with Crippen LogP contribution in [0.3, 0.4) is 0 Å². The van der Waals surface area contributed by atoms with E-state index in [2.05, 4.69) is 26.1 Å². The number of benzene rings is 1. The summed E-state index contributed by atoms with van der Waals surface area (Å²) < 4.78 is 13.5. The molecule has 1 heterocycles. The van der Waals surface area contributed by atoms with Crippen LogP contribution in [0, 0.1) is 5.82 Å². The van der Waals surface area contributed by atoms with Crippen LogP contribution in [0.2, 0.25) is 5.02 Å². The van der Waals surface area contributed by atoms with E-state index in [1.807, 2.05) is 0 Å². The maximum absolute atomic E-state index is 13.2. The summed E-state index contributed by atoms with van der Waals surface area (Å²) in [6.07, 6.45) is 1.56. The number of nitrogens with two attached hydrogens (primary N) is 1. The van der Waals surface area contributed by atoms with Gasteiger partial charge >= 0.3 is 0 Å². The van der Waals surface area contributed by atoms with Crippen LogP contribution in [0.15, 0.2) is 22.8 Å². The lowest BCUT2D eigenvalue weighted by molar-refractivity contribution is 0.622. The SMILES string of the molecule is Nc1[nH]ncc1-c1cc(Cl)c(F)c(Br)c1. The van der Waals surface area contributed by atoms with E-state index in [-0.39, 0.29) is 5.02 Å². The Morgan fingerprint density at radius 1 is 1.47 bits per heavy atom. The summed E-state index contributed by atoms with van der Waals surface area (Å²) in [5.41, 5.74) is 7.04. The second-order valence-corrected chi connectivity index (χ2v) is 4.21. The van der Waals surface area contributed by atoms with Crippen LogP contribution in [-0.4, -0.2) is 10.2 Å². The number of hydrogen-bond acceptors (Lipinski definition) is 2. The molecule has 2 aromatic rings. The number of nitrogens with one attached hydrogen (secondary N) is 1. The molecule has 6 heteroatoms. The van der Waals surface area contributed by atoms with E-state index in [9.17, 15) is 4.39 Å². The average molecular weight is 291 g/mol. The first-order chi connectivity index (χ1) is 7.09. The molecule has 0 aliphatic heterocycles. The number of anilines is 1. The van der Waals surface area contributed by atoms with Crippen LogP contribution in [0.4, 0.5) is 10.2 Å². The third kappa shape index (κ3) is 1.85. The highest BCUT2D eigenvalue weighted by Gasteiger charge is 2.11. The number of rotatable bonds is 1. The predicted octanol–water partition coefficient (Wildman–Crippen LogP) is 3.21. The van der Waals surface area contributed by atoms with Crippen molar-refractivity contribution in [3.63, 3.8) is 0 Å². The van der Waals surface area contributed by atoms with E-state index in [1.54, 1.807) is 12.3 Å². The van der Waals surface area contributed by atoms with Gasteiger partial charge in [0.05, 0.1) is 15.7 Å². The van der Waals surface area contributed by atoms with Crippen LogP contribution in [-0.2, 0) is 0 Å². The largest absolute Gasteiger partial charge is 0.384 e. The Morgan fingerprint density at radius 3 is 2.73 bits per heavy atom. The summed E-state index contributed by atoms with van der Waals surface area (Å²) in [4.78, 5) is 0. The topological polar surface area (TPSA) is 54.7 Å². The Morgan fingerprint density at radius 2 is 2.20 bits per heavy atom. The number of H-pyrrole nitrogens is 1. The van der Waals surface area contributed by atoms with Crippen molar-refractivity contribution in [1.29, 1.82) is 0 Å². The molecule has 3 N–H and O–H groups in total. The minimum Gasteiger partial charge on any atom is -0.384 e. The fourth-order valence-electron chi connectivity index (χ4n) is 1.24. The van der Waals surface area contributed by atoms with Gasteiger partial charge in [0.2, 0.25) is 0 Å². The van der Waals surface area contributed by atoms with E-state index in [4.69, 9.17) is 17.3 Å². The van der Waals surface area contributed by atoms with Gasteiger partial charge in [-0.3, -0.25) is 5.10 Å². The summed E-state index contributed by atoms with van der Waals surface area (Å²) in [5.74, 6) is -0.0629. The van der Waals surface area contributed by atoms with Crippen LogP contribution >= 0.6 is 27.5 Å². The lowest BCUT2D eigenvalue weighted by atomic mass is 10.1. The van der Waals surface area contributed by atoms with Gasteiger partial charge in [-0.05, 0) is 33.6 Å². The Bertz CT molecular complexity index is 489. The Balaban J connectivity index is 2.60. The van der Waals surface area contributed by atoms with Crippen molar-refractivity contribution in [1.82, 2.24) is 10.2 Å². The summed E-state index contributed by atoms with van der Waals surface area (Å²) in [6, 6.07) is 3.10. The molecule has 0 fully saturated rings. The molecule has 0 bridgehead atoms. The minimum absolute atomic E-state index is 0.0416. The third-order valence-electron chi connectivity index (χ3n) is 1.96. The molecule has 0 saturated carbocycles. The van der Waals surface area contributed by atoms with Crippen LogP contribution in [0.1, 0.15) is 0 Å². The van der Waals surface area contributed by atoms with Gasteiger partial charge < -0.3 is 5.73 Å². The zero-order chi connectivity index (χ0) is 11.0. The highest BCUT2D eigenvalue weighted by atomic mass is 79.9. The van der Waals surface area contributed by atoms with Crippen molar-refractivity contribution in [3.8, 4) is 11.1 Å². The predicted molar refractivity (Wildman–Crippen MR) is 61.1 cm³/mol. The van der Waals surface area contributed by atoms with Crippen LogP contribution in [0.25, 0.3) is 11.1 Å². The van der Waals surface area contributed by atoms with Gasteiger partial charge in [0.1, 0.15) is 5.82 Å². The lowest BCUT2D eigenvalue weighted by Crippen LogP contribution is -1.89. The second kappa shape index (κ2) is 3.83. The number of nitrogens with zero attached hydrogens (tertiary/aromatic N) is 1. The third-order valence-corrected chi connectivity index (χ3v) is 2.82. The van der Waals surface area contributed by atoms with Crippen molar-refractivity contribution >= 4 is 33.3 Å². The molecule has 0 saturated heterocycles. The number of aromatic amines is 1. The number of hydrogen-bond donors (Lipinski definition) is 2. The first-order valence-corrected chi connectivity index (χ1v) is 5.20. The van der Waals surface area contributed by atoms with Gasteiger partial charge in [-0.2, -0.15) is 5.10 Å². The monoisotopic (exact) mass is 289 g/mol. The first kappa shape index (κ1) is 10.4. The average Bonchev–Trinajstić information content (AvgIpc) is 2.60. The fourth-order valence-corrected chi connectivity index (χ4v) is 2.03. The van der Waals surface area contributed by atoms with Crippen LogP contribution < -0.4 is 5.73 Å². The van der Waals surface area contributed by atoms with Crippen molar-refractivity contribution in [2.45, 2.75) is 0 Å². The number of nitrogen functional groups attached to an aromatic ring is 1. The second-order valence-electron chi connectivity index (χ2n) is 2.95. The molecular weight excluding hydrogens is 284 g/mol. The van der Waals surface area contributed by atoms with Gasteiger partial charge in [0, 0.05) is 5.56 Å². The minimum atomic E-state index is -0.484. The van der Waals surface area contributed by atoms with Crippen molar-refractivity contribution in [3.05, 3.63) is 33.6 Å². The van der Waals surface area contributed by atoms with E-state index < -0.39 is 5.82 Å². The maximum atomic E-state index is 13.2. The van der Waals surface area contributed by atoms with Crippen molar-refractivity contribution in [2.24, 2.45) is 0 Å². The molecule has 78 valence electrons. The standard InChI is InChI=1S/C9H6BrClFN3/c10-6-1-4(2-7(11)8(6)12)5-3-14-15-9(5)13/h1-3H,(H3,13,14,15). The van der Waals surface area contributed by atoms with E-state index >= 15 is 0 Å². The molecule has 1 aromatic carbocycles. The van der Waals surface area contributed by atoms with E-state index in [0.717, 1.165) is 0 Å². The molecule has 2 rings (SSSR count). The van der Waals surface area contributed by atoms with E-state index in [0.29, 0.717) is 21.4 Å². The zero-order valence-electron chi connectivity index (χ0n) is 7.39. The van der Waals surface area contributed by atoms with Gasteiger partial charge in [-0.1, -0.05) is 11.6 Å². The molecule has 15 heavy (non-hydrogen) atoms. The van der Waals surface area contributed by atoms with Crippen molar-refractivity contribution in [2.75, 3.05) is 5.73 Å². The molecule has 0 radical (unpaired) electrons. The molecule has 0 amide bonds. The Hall–Kier alpha value is -1.07. The fraction of sp³-hybridized carbons (Fsp3) is 0. The molecule has 1 aromatic heterocycles. The summed E-state index contributed by atoms with van der Waals surface area (Å²) in [5, 5.41) is 6.42. The van der Waals surface area contributed by atoms with Gasteiger partial charge in [-0.15, -0.1) is 0 Å². The summed E-state index contributed by atoms with van der Waals surface area (Å²) in [6.45, 7) is 0. The van der Waals surface area contributed by atoms with Crippen LogP contribution in [0.5, 0.6) is 0 Å². The maximum Gasteiger partial charge on any atom is 0.155 e. The normalized spacial score (nSPS) is 10.6. The smallest absolute Gasteiger partial charge is 0.155 e. The quantitative estimate of drug-likeness (QED) is 0.792. The summed E-state index contributed by atoms with van der Waals surface area (Å²) >= 11 is 8.79. The molecule has 0 aliphatic carbocycles. The molecule has 0 atom stereocenters. The van der Waals surface area contributed by atoms with Gasteiger partial charge in [0.25, 0.3) is 0 Å².